The van der Waals surface area contributed by atoms with Crippen LogP contribution in [0, 0.1) is 0 Å². The monoisotopic (exact) mass is 547 g/mol. The van der Waals surface area contributed by atoms with Crippen LogP contribution in [-0.4, -0.2) is 36.0 Å². The number of nitrogens with two attached hydrogens (primary N) is 1. The molecule has 0 aliphatic carbocycles. The number of nitrogens with zero attached hydrogens (tertiary/aromatic N) is 2. The molecule has 212 valence electrons. The van der Waals surface area contributed by atoms with Crippen LogP contribution < -0.4 is 19.9 Å². The number of hydrogen-bond donors (Lipinski definition) is 1. The van der Waals surface area contributed by atoms with Crippen molar-refractivity contribution in [2.75, 3.05) is 26.2 Å². The highest BCUT2D eigenvalue weighted by molar-refractivity contribution is 5.78. The summed E-state index contributed by atoms with van der Waals surface area (Å²) in [7, 11) is 3.50. The minimum atomic E-state index is -0.247. The average molecular weight is 548 g/mol. The first kappa shape index (κ1) is 28.8. The van der Waals surface area contributed by atoms with E-state index in [1.807, 2.05) is 60.1 Å². The third-order valence-corrected chi connectivity index (χ3v) is 6.54. The van der Waals surface area contributed by atoms with Crippen LogP contribution in [0.3, 0.4) is 0 Å². The Kier molecular flexibility index (Phi) is 9.50. The Bertz CT molecular complexity index is 1460. The molecule has 40 heavy (non-hydrogen) atoms. The molecule has 3 aromatic carbocycles. The van der Waals surface area contributed by atoms with Gasteiger partial charge in [-0.1, -0.05) is 32.0 Å². The molecule has 0 radical (unpaired) electrons. The summed E-state index contributed by atoms with van der Waals surface area (Å²) in [5.74, 6) is 3.32. The van der Waals surface area contributed by atoms with Gasteiger partial charge in [0.25, 0.3) is 0 Å². The lowest BCUT2D eigenvalue weighted by Gasteiger charge is -2.14. The SMILES string of the molecule is CCOC(=O)CCc1ccc(OCc2nc3ccc(Oc4cccc(C(C)C)c4N)cc3n2C)cc1OCOC. The first-order valence-corrected chi connectivity index (χ1v) is 13.3. The van der Waals surface area contributed by atoms with Gasteiger partial charge in [0.2, 0.25) is 0 Å². The minimum absolute atomic E-state index is 0.0818. The molecule has 0 saturated carbocycles. The summed E-state index contributed by atoms with van der Waals surface area (Å²) in [6.45, 7) is 6.69. The van der Waals surface area contributed by atoms with Gasteiger partial charge < -0.3 is 34.0 Å². The Morgan fingerprint density at radius 3 is 2.58 bits per heavy atom. The molecule has 0 atom stereocenters. The van der Waals surface area contributed by atoms with Crippen molar-refractivity contribution in [3.8, 4) is 23.0 Å². The number of anilines is 1. The highest BCUT2D eigenvalue weighted by Crippen LogP contribution is 2.34. The molecule has 0 saturated heterocycles. The summed E-state index contributed by atoms with van der Waals surface area (Å²) in [5.41, 5.74) is 10.7. The highest BCUT2D eigenvalue weighted by Gasteiger charge is 2.14. The number of aryl methyl sites for hydroxylation is 2. The van der Waals surface area contributed by atoms with E-state index in [0.29, 0.717) is 47.6 Å². The van der Waals surface area contributed by atoms with Gasteiger partial charge in [-0.3, -0.25) is 4.79 Å². The Morgan fingerprint density at radius 1 is 1.02 bits per heavy atom. The van der Waals surface area contributed by atoms with E-state index in [2.05, 4.69) is 13.8 Å². The first-order valence-electron chi connectivity index (χ1n) is 13.3. The molecule has 1 heterocycles. The van der Waals surface area contributed by atoms with E-state index in [1.54, 1.807) is 20.1 Å². The number of aromatic nitrogens is 2. The molecule has 0 unspecified atom stereocenters. The summed E-state index contributed by atoms with van der Waals surface area (Å²) in [5, 5.41) is 0. The Morgan fingerprint density at radius 2 is 1.82 bits per heavy atom. The smallest absolute Gasteiger partial charge is 0.306 e. The number of nitrogen functional groups attached to an aromatic ring is 1. The summed E-state index contributed by atoms with van der Waals surface area (Å²) in [6, 6.07) is 17.1. The first-order chi connectivity index (χ1) is 19.3. The number of benzene rings is 3. The predicted molar refractivity (Wildman–Crippen MR) is 154 cm³/mol. The number of hydrogen-bond acceptors (Lipinski definition) is 8. The molecule has 9 nitrogen and oxygen atoms in total. The second-order valence-electron chi connectivity index (χ2n) is 9.67. The second kappa shape index (κ2) is 13.2. The molecule has 0 amide bonds. The van der Waals surface area contributed by atoms with E-state index in [1.165, 1.54) is 0 Å². The molecule has 2 N–H and O–H groups in total. The Balaban J connectivity index is 1.48. The van der Waals surface area contributed by atoms with Crippen molar-refractivity contribution in [3.63, 3.8) is 0 Å². The van der Waals surface area contributed by atoms with E-state index in [0.717, 1.165) is 28.0 Å². The molecule has 4 rings (SSSR count). The third-order valence-electron chi connectivity index (χ3n) is 6.54. The zero-order valence-corrected chi connectivity index (χ0v) is 23.7. The van der Waals surface area contributed by atoms with Crippen molar-refractivity contribution < 1.29 is 28.5 Å². The normalized spacial score (nSPS) is 11.2. The lowest BCUT2D eigenvalue weighted by molar-refractivity contribution is -0.143. The molecular formula is C31H37N3O6. The zero-order chi connectivity index (χ0) is 28.6. The van der Waals surface area contributed by atoms with Gasteiger partial charge in [-0.25, -0.2) is 4.98 Å². The van der Waals surface area contributed by atoms with Gasteiger partial charge in [-0.15, -0.1) is 0 Å². The van der Waals surface area contributed by atoms with Crippen LogP contribution in [0.1, 0.15) is 50.1 Å². The predicted octanol–water partition coefficient (Wildman–Crippen LogP) is 6.13. The maximum absolute atomic E-state index is 11.8. The van der Waals surface area contributed by atoms with Crippen LogP contribution in [0.5, 0.6) is 23.0 Å². The fourth-order valence-electron chi connectivity index (χ4n) is 4.40. The summed E-state index contributed by atoms with van der Waals surface area (Å²) in [4.78, 5) is 16.5. The number of fused-ring (bicyclic) bond motifs is 1. The number of methoxy groups -OCH3 is 1. The molecule has 4 aromatic rings. The average Bonchev–Trinajstić information content (AvgIpc) is 3.25. The number of carbonyl (C=O) groups excluding carboxylic acids is 1. The van der Waals surface area contributed by atoms with Crippen LogP contribution in [0.2, 0.25) is 0 Å². The number of esters is 1. The molecule has 0 aliphatic rings. The molecule has 0 bridgehead atoms. The molecule has 9 heteroatoms. The van der Waals surface area contributed by atoms with Crippen molar-refractivity contribution in [1.29, 1.82) is 0 Å². The fraction of sp³-hybridized carbons (Fsp3) is 0.355. The Labute approximate surface area is 234 Å². The van der Waals surface area contributed by atoms with Gasteiger partial charge in [0.1, 0.15) is 29.7 Å². The van der Waals surface area contributed by atoms with Gasteiger partial charge in [-0.2, -0.15) is 0 Å². The van der Waals surface area contributed by atoms with E-state index in [9.17, 15) is 4.79 Å². The maximum atomic E-state index is 11.8. The number of para-hydroxylation sites is 1. The number of rotatable bonds is 13. The van der Waals surface area contributed by atoms with Gasteiger partial charge >= 0.3 is 5.97 Å². The number of imidazole rings is 1. The molecule has 0 spiro atoms. The fourth-order valence-corrected chi connectivity index (χ4v) is 4.40. The van der Waals surface area contributed by atoms with Crippen molar-refractivity contribution >= 4 is 22.7 Å². The van der Waals surface area contributed by atoms with Gasteiger partial charge in [-0.05, 0) is 54.7 Å². The standard InChI is InChI=1S/C31H37N3O6/c1-6-37-30(35)15-11-21-10-12-22(17-28(21)39-19-36-5)38-18-29-33-25-14-13-23(16-26(25)34(29)4)40-27-9-7-8-24(20(2)3)31(27)32/h7-10,12-14,16-17,20H,6,11,15,18-19,32H2,1-5H3. The Hall–Kier alpha value is -4.24. The van der Waals surface area contributed by atoms with E-state index in [4.69, 9.17) is 34.4 Å². The van der Waals surface area contributed by atoms with Crippen LogP contribution in [0.4, 0.5) is 5.69 Å². The van der Waals surface area contributed by atoms with Gasteiger partial charge in [0.15, 0.2) is 12.5 Å². The molecular weight excluding hydrogens is 510 g/mol. The second-order valence-corrected chi connectivity index (χ2v) is 9.67. The van der Waals surface area contributed by atoms with Crippen molar-refractivity contribution in [2.45, 2.75) is 46.1 Å². The lowest BCUT2D eigenvalue weighted by atomic mass is 10.0. The largest absolute Gasteiger partial charge is 0.486 e. The van der Waals surface area contributed by atoms with Gasteiger partial charge in [0, 0.05) is 32.7 Å². The summed E-state index contributed by atoms with van der Waals surface area (Å²) >= 11 is 0. The van der Waals surface area contributed by atoms with Crippen LogP contribution in [0.25, 0.3) is 11.0 Å². The van der Waals surface area contributed by atoms with E-state index in [-0.39, 0.29) is 25.8 Å². The van der Waals surface area contributed by atoms with Crippen LogP contribution in [0.15, 0.2) is 54.6 Å². The topological polar surface area (TPSA) is 107 Å². The van der Waals surface area contributed by atoms with Crippen LogP contribution >= 0.6 is 0 Å². The van der Waals surface area contributed by atoms with Gasteiger partial charge in [0.05, 0.1) is 23.3 Å². The molecule has 1 aromatic heterocycles. The lowest BCUT2D eigenvalue weighted by Crippen LogP contribution is -2.08. The van der Waals surface area contributed by atoms with E-state index < -0.39 is 0 Å². The highest BCUT2D eigenvalue weighted by atomic mass is 16.7. The molecule has 0 aliphatic heterocycles. The number of ether oxygens (including phenoxy) is 5. The molecule has 0 fully saturated rings. The zero-order valence-electron chi connectivity index (χ0n) is 23.7. The quantitative estimate of drug-likeness (QED) is 0.121. The third kappa shape index (κ3) is 6.84. The van der Waals surface area contributed by atoms with Crippen molar-refractivity contribution in [1.82, 2.24) is 9.55 Å². The maximum Gasteiger partial charge on any atom is 0.306 e. The van der Waals surface area contributed by atoms with Crippen LogP contribution in [-0.2, 0) is 34.3 Å². The van der Waals surface area contributed by atoms with Crippen molar-refractivity contribution in [3.05, 3.63) is 71.5 Å². The number of carbonyl (C=O) groups is 1. The van der Waals surface area contributed by atoms with Crippen molar-refractivity contribution in [2.24, 2.45) is 7.05 Å². The minimum Gasteiger partial charge on any atom is -0.486 e. The summed E-state index contributed by atoms with van der Waals surface area (Å²) in [6.07, 6.45) is 0.749. The van der Waals surface area contributed by atoms with E-state index >= 15 is 0 Å². The summed E-state index contributed by atoms with van der Waals surface area (Å²) < 4.78 is 30.0.